The monoisotopic (exact) mass is 426 g/mol. The number of hydrogen-bond acceptors (Lipinski definition) is 3. The van der Waals surface area contributed by atoms with Crippen LogP contribution in [-0.2, 0) is 9.53 Å². The van der Waals surface area contributed by atoms with Gasteiger partial charge in [0, 0.05) is 39.7 Å². The highest BCUT2D eigenvalue weighted by molar-refractivity contribution is 14.0. The first kappa shape index (κ1) is 21.4. The second kappa shape index (κ2) is 11.0. The summed E-state index contributed by atoms with van der Waals surface area (Å²) in [6.45, 7) is 9.80. The first-order valence-corrected chi connectivity index (χ1v) is 7.83. The number of carbonyl (C=O) groups excluding carboxylic acids is 1. The lowest BCUT2D eigenvalue weighted by Crippen LogP contribution is -2.41. The van der Waals surface area contributed by atoms with Crippen LogP contribution in [0.4, 0.5) is 0 Å². The highest BCUT2D eigenvalue weighted by Crippen LogP contribution is 2.08. The highest BCUT2D eigenvalue weighted by atomic mass is 127. The molecule has 2 N–H and O–H groups in total. The molecule has 0 unspecified atom stereocenters. The first-order chi connectivity index (χ1) is 9.98. The Balaban J connectivity index is 0.00000441. The van der Waals surface area contributed by atoms with Gasteiger partial charge in [-0.3, -0.25) is 9.79 Å². The van der Waals surface area contributed by atoms with Crippen LogP contribution in [0.1, 0.15) is 40.0 Å². The molecule has 6 nitrogen and oxygen atoms in total. The van der Waals surface area contributed by atoms with Crippen LogP contribution >= 0.6 is 24.0 Å². The summed E-state index contributed by atoms with van der Waals surface area (Å²) in [7, 11) is 1.69. The first-order valence-electron chi connectivity index (χ1n) is 7.83. The van der Waals surface area contributed by atoms with Crippen molar-refractivity contribution in [3.8, 4) is 0 Å². The predicted molar refractivity (Wildman–Crippen MR) is 101 cm³/mol. The van der Waals surface area contributed by atoms with Crippen LogP contribution in [0.5, 0.6) is 0 Å². The number of hydrogen-bond donors (Lipinski definition) is 2. The summed E-state index contributed by atoms with van der Waals surface area (Å²) in [5.74, 6) is 0.963. The Bertz CT molecular complexity index is 355. The molecule has 0 aromatic heterocycles. The Kier molecular flexibility index (Phi) is 10.8. The van der Waals surface area contributed by atoms with Gasteiger partial charge >= 0.3 is 0 Å². The van der Waals surface area contributed by atoms with E-state index in [-0.39, 0.29) is 35.5 Å². The number of nitrogens with zero attached hydrogens (tertiary/aromatic N) is 2. The number of nitrogens with one attached hydrogen (secondary N) is 2. The largest absolute Gasteiger partial charge is 0.377 e. The van der Waals surface area contributed by atoms with Crippen LogP contribution in [-0.4, -0.2) is 62.2 Å². The number of ether oxygens (including phenoxy) is 1. The Labute approximate surface area is 151 Å². The van der Waals surface area contributed by atoms with Gasteiger partial charge in [0.05, 0.1) is 12.1 Å². The minimum atomic E-state index is -0.284. The molecule has 0 aromatic carbocycles. The van der Waals surface area contributed by atoms with Crippen molar-refractivity contribution >= 4 is 35.8 Å². The van der Waals surface area contributed by atoms with Crippen LogP contribution in [0.15, 0.2) is 4.99 Å². The van der Waals surface area contributed by atoms with Gasteiger partial charge in [0.15, 0.2) is 5.96 Å². The van der Waals surface area contributed by atoms with E-state index in [0.717, 1.165) is 38.4 Å². The molecule has 1 amide bonds. The lowest BCUT2D eigenvalue weighted by atomic mass is 10.1. The quantitative estimate of drug-likeness (QED) is 0.369. The van der Waals surface area contributed by atoms with Gasteiger partial charge in [-0.25, -0.2) is 0 Å². The van der Waals surface area contributed by atoms with Gasteiger partial charge in [-0.05, 0) is 33.6 Å². The third-order valence-electron chi connectivity index (χ3n) is 3.60. The SMILES string of the molecule is CCNC(=NCC(C)(C)OC)NCCC(=O)N1CCCC1.I. The van der Waals surface area contributed by atoms with E-state index >= 15 is 0 Å². The third kappa shape index (κ3) is 8.17. The molecule has 22 heavy (non-hydrogen) atoms. The number of aliphatic imine (C=N–C) groups is 1. The number of carbonyl (C=O) groups is 1. The zero-order chi connectivity index (χ0) is 15.7. The molecule has 0 aromatic rings. The molecular formula is C15H31IN4O2. The van der Waals surface area contributed by atoms with E-state index in [0.29, 0.717) is 19.5 Å². The minimum Gasteiger partial charge on any atom is -0.377 e. The predicted octanol–water partition coefficient (Wildman–Crippen LogP) is 1.60. The molecule has 1 aliphatic heterocycles. The average molecular weight is 426 g/mol. The molecule has 0 radical (unpaired) electrons. The Morgan fingerprint density at radius 3 is 2.45 bits per heavy atom. The molecule has 1 aliphatic rings. The fraction of sp³-hybridized carbons (Fsp3) is 0.867. The highest BCUT2D eigenvalue weighted by Gasteiger charge is 2.18. The number of rotatable bonds is 7. The van der Waals surface area contributed by atoms with Gasteiger partial charge < -0.3 is 20.3 Å². The molecular weight excluding hydrogens is 395 g/mol. The molecule has 1 saturated heterocycles. The van der Waals surface area contributed by atoms with Crippen LogP contribution in [0.3, 0.4) is 0 Å². The summed E-state index contributed by atoms with van der Waals surface area (Å²) >= 11 is 0. The van der Waals surface area contributed by atoms with Gasteiger partial charge in [0.1, 0.15) is 0 Å². The van der Waals surface area contributed by atoms with E-state index in [4.69, 9.17) is 4.74 Å². The second-order valence-corrected chi connectivity index (χ2v) is 5.92. The Morgan fingerprint density at radius 2 is 1.91 bits per heavy atom. The second-order valence-electron chi connectivity index (χ2n) is 5.92. The lowest BCUT2D eigenvalue weighted by Gasteiger charge is -2.21. The summed E-state index contributed by atoms with van der Waals surface area (Å²) < 4.78 is 5.35. The van der Waals surface area contributed by atoms with Crippen molar-refractivity contribution in [1.29, 1.82) is 0 Å². The fourth-order valence-corrected chi connectivity index (χ4v) is 2.09. The maximum Gasteiger partial charge on any atom is 0.224 e. The van der Waals surface area contributed by atoms with Crippen molar-refractivity contribution in [3.63, 3.8) is 0 Å². The van der Waals surface area contributed by atoms with Crippen molar-refractivity contribution in [2.75, 3.05) is 39.8 Å². The molecule has 0 spiro atoms. The van der Waals surface area contributed by atoms with Gasteiger partial charge in [-0.15, -0.1) is 24.0 Å². The summed E-state index contributed by atoms with van der Waals surface area (Å²) in [6.07, 6.45) is 2.78. The minimum absolute atomic E-state index is 0. The van der Waals surface area contributed by atoms with E-state index in [9.17, 15) is 4.79 Å². The summed E-state index contributed by atoms with van der Waals surface area (Å²) in [5, 5.41) is 6.39. The molecule has 0 atom stereocenters. The average Bonchev–Trinajstić information content (AvgIpc) is 2.99. The van der Waals surface area contributed by atoms with Gasteiger partial charge in [0.25, 0.3) is 0 Å². The Morgan fingerprint density at radius 1 is 1.27 bits per heavy atom. The number of guanidine groups is 1. The third-order valence-corrected chi connectivity index (χ3v) is 3.60. The number of amides is 1. The number of likely N-dealkylation sites (tertiary alicyclic amines) is 1. The number of halogens is 1. The van der Waals surface area contributed by atoms with E-state index < -0.39 is 0 Å². The van der Waals surface area contributed by atoms with Crippen molar-refractivity contribution in [2.24, 2.45) is 4.99 Å². The van der Waals surface area contributed by atoms with Crippen molar-refractivity contribution in [3.05, 3.63) is 0 Å². The molecule has 1 heterocycles. The fourth-order valence-electron chi connectivity index (χ4n) is 2.09. The van der Waals surface area contributed by atoms with E-state index in [2.05, 4.69) is 15.6 Å². The maximum absolute atomic E-state index is 12.0. The van der Waals surface area contributed by atoms with Crippen LogP contribution in [0.25, 0.3) is 0 Å². The van der Waals surface area contributed by atoms with Crippen molar-refractivity contribution < 1.29 is 9.53 Å². The van der Waals surface area contributed by atoms with Crippen molar-refractivity contribution in [2.45, 2.75) is 45.6 Å². The van der Waals surface area contributed by atoms with Crippen LogP contribution in [0, 0.1) is 0 Å². The number of methoxy groups -OCH3 is 1. The molecule has 1 rings (SSSR count). The summed E-state index contributed by atoms with van der Waals surface area (Å²) in [4.78, 5) is 18.4. The van der Waals surface area contributed by atoms with Crippen LogP contribution in [0.2, 0.25) is 0 Å². The molecule has 0 aliphatic carbocycles. The zero-order valence-electron chi connectivity index (χ0n) is 14.3. The topological polar surface area (TPSA) is 66.0 Å². The maximum atomic E-state index is 12.0. The van der Waals surface area contributed by atoms with E-state index in [1.807, 2.05) is 25.7 Å². The van der Waals surface area contributed by atoms with Crippen molar-refractivity contribution in [1.82, 2.24) is 15.5 Å². The molecule has 7 heteroatoms. The standard InChI is InChI=1S/C15H30N4O2.HI/c1-5-16-14(18-12-15(2,3)21-4)17-9-8-13(20)19-10-6-7-11-19;/h5-12H2,1-4H3,(H2,16,17,18);1H. The zero-order valence-corrected chi connectivity index (χ0v) is 16.6. The summed E-state index contributed by atoms with van der Waals surface area (Å²) in [5.41, 5.74) is -0.284. The molecule has 0 saturated carbocycles. The Hall–Kier alpha value is -0.570. The van der Waals surface area contributed by atoms with Gasteiger partial charge in [-0.2, -0.15) is 0 Å². The summed E-state index contributed by atoms with van der Waals surface area (Å²) in [6, 6.07) is 0. The van der Waals surface area contributed by atoms with Crippen LogP contribution < -0.4 is 10.6 Å². The van der Waals surface area contributed by atoms with E-state index in [1.165, 1.54) is 0 Å². The molecule has 1 fully saturated rings. The normalized spacial score (nSPS) is 15.5. The smallest absolute Gasteiger partial charge is 0.224 e. The molecule has 130 valence electrons. The van der Waals surface area contributed by atoms with E-state index in [1.54, 1.807) is 7.11 Å². The lowest BCUT2D eigenvalue weighted by molar-refractivity contribution is -0.129. The van der Waals surface area contributed by atoms with Gasteiger partial charge in [0.2, 0.25) is 5.91 Å². The molecule has 0 bridgehead atoms. The van der Waals surface area contributed by atoms with Gasteiger partial charge in [-0.1, -0.05) is 0 Å².